The number of nitrogens with two attached hydrogens (primary N) is 1. The highest BCUT2D eigenvalue weighted by Gasteiger charge is 2.07. The van der Waals surface area contributed by atoms with Crippen LogP contribution in [-0.2, 0) is 13.0 Å². The van der Waals surface area contributed by atoms with Crippen molar-refractivity contribution >= 4 is 23.4 Å². The molecule has 2 aromatic rings. The van der Waals surface area contributed by atoms with E-state index in [1.165, 1.54) is 30.4 Å². The van der Waals surface area contributed by atoms with Gasteiger partial charge in [-0.1, -0.05) is 56.1 Å². The Morgan fingerprint density at radius 3 is 2.71 bits per heavy atom. The first kappa shape index (κ1) is 18.5. The molecule has 24 heavy (non-hydrogen) atoms. The zero-order chi connectivity index (χ0) is 17.4. The second-order valence-corrected chi connectivity index (χ2v) is 6.88. The molecule has 2 rings (SSSR count). The van der Waals surface area contributed by atoms with E-state index in [-0.39, 0.29) is 0 Å². The maximum Gasteiger partial charge on any atom is 0.224 e. The molecule has 5 nitrogen and oxygen atoms in total. The summed E-state index contributed by atoms with van der Waals surface area (Å²) in [4.78, 5) is 13.0. The monoisotopic (exact) mass is 345 g/mol. The fraction of sp³-hybridized carbons (Fsp3) is 0.500. The lowest BCUT2D eigenvalue weighted by Crippen LogP contribution is -2.10. The lowest BCUT2D eigenvalue weighted by Gasteiger charge is -2.12. The zero-order valence-corrected chi connectivity index (χ0v) is 15.6. The van der Waals surface area contributed by atoms with Crippen LogP contribution in [0.15, 0.2) is 23.4 Å². The topological polar surface area (TPSA) is 76.7 Å². The standard InChI is InChI=1S/C18H27N5S/c1-4-6-7-10-24-18-22-16(21-17(19)23-18)12-20-15-9-8-13(3)11-14(15)5-2/h8-9,11,20H,4-7,10,12H2,1-3H3,(H2,19,21,22,23). The first-order valence-electron chi connectivity index (χ1n) is 8.59. The number of hydrogen-bond acceptors (Lipinski definition) is 6. The predicted octanol–water partition coefficient (Wildman–Crippen LogP) is 4.22. The molecule has 0 unspecified atom stereocenters. The predicted molar refractivity (Wildman–Crippen MR) is 102 cm³/mol. The molecule has 1 heterocycles. The van der Waals surface area contributed by atoms with Crippen LogP contribution in [0.4, 0.5) is 11.6 Å². The molecule has 0 atom stereocenters. The maximum atomic E-state index is 5.83. The SMILES string of the molecule is CCCCCSc1nc(N)nc(CNc2ccc(C)cc2CC)n1. The van der Waals surface area contributed by atoms with Gasteiger partial charge in [0.25, 0.3) is 0 Å². The first-order valence-corrected chi connectivity index (χ1v) is 9.57. The molecule has 0 radical (unpaired) electrons. The molecule has 0 aliphatic rings. The number of nitrogens with one attached hydrogen (secondary N) is 1. The molecule has 0 bridgehead atoms. The molecule has 0 aliphatic heterocycles. The number of nitrogens with zero attached hydrogens (tertiary/aromatic N) is 3. The number of nitrogen functional groups attached to an aromatic ring is 1. The van der Waals surface area contributed by atoms with Crippen LogP contribution in [0.1, 0.15) is 50.1 Å². The van der Waals surface area contributed by atoms with Gasteiger partial charge in [0.05, 0.1) is 6.54 Å². The van der Waals surface area contributed by atoms with E-state index in [2.05, 4.69) is 59.2 Å². The molecule has 0 saturated carbocycles. The number of thioether (sulfide) groups is 1. The molecule has 130 valence electrons. The minimum absolute atomic E-state index is 0.291. The Morgan fingerprint density at radius 1 is 1.12 bits per heavy atom. The van der Waals surface area contributed by atoms with Crippen LogP contribution < -0.4 is 11.1 Å². The van der Waals surface area contributed by atoms with Gasteiger partial charge >= 0.3 is 0 Å². The van der Waals surface area contributed by atoms with Gasteiger partial charge < -0.3 is 11.1 Å². The average molecular weight is 346 g/mol. The van der Waals surface area contributed by atoms with E-state index in [9.17, 15) is 0 Å². The van der Waals surface area contributed by atoms with Gasteiger partial charge in [-0.2, -0.15) is 9.97 Å². The Balaban J connectivity index is 2.00. The minimum Gasteiger partial charge on any atom is -0.378 e. The van der Waals surface area contributed by atoms with Crippen LogP contribution in [0.25, 0.3) is 0 Å². The largest absolute Gasteiger partial charge is 0.378 e. The highest BCUT2D eigenvalue weighted by atomic mass is 32.2. The van der Waals surface area contributed by atoms with Gasteiger partial charge in [0, 0.05) is 11.4 Å². The summed E-state index contributed by atoms with van der Waals surface area (Å²) >= 11 is 1.65. The van der Waals surface area contributed by atoms with E-state index >= 15 is 0 Å². The summed E-state index contributed by atoms with van der Waals surface area (Å²) in [5.41, 5.74) is 9.52. The number of aromatic nitrogens is 3. The molecule has 0 fully saturated rings. The normalized spacial score (nSPS) is 10.8. The minimum atomic E-state index is 0.291. The van der Waals surface area contributed by atoms with E-state index in [4.69, 9.17) is 5.73 Å². The number of rotatable bonds is 9. The van der Waals surface area contributed by atoms with Gasteiger partial charge in [-0.15, -0.1) is 0 Å². The summed E-state index contributed by atoms with van der Waals surface area (Å²) in [6, 6.07) is 6.43. The summed E-state index contributed by atoms with van der Waals surface area (Å²) in [7, 11) is 0. The molecule has 0 saturated heterocycles. The fourth-order valence-corrected chi connectivity index (χ4v) is 3.30. The molecule has 0 aliphatic carbocycles. The van der Waals surface area contributed by atoms with Gasteiger partial charge in [0.15, 0.2) is 11.0 Å². The van der Waals surface area contributed by atoms with E-state index < -0.39 is 0 Å². The molecule has 1 aromatic heterocycles. The van der Waals surface area contributed by atoms with Crippen molar-refractivity contribution in [1.82, 2.24) is 15.0 Å². The second-order valence-electron chi connectivity index (χ2n) is 5.82. The average Bonchev–Trinajstić information content (AvgIpc) is 2.57. The molecule has 0 spiro atoms. The van der Waals surface area contributed by atoms with Crippen molar-refractivity contribution in [2.45, 2.75) is 58.2 Å². The summed E-state index contributed by atoms with van der Waals surface area (Å²) in [5, 5.41) is 4.14. The van der Waals surface area contributed by atoms with Crippen molar-refractivity contribution < 1.29 is 0 Å². The summed E-state index contributed by atoms with van der Waals surface area (Å²) in [5.74, 6) is 1.99. The third-order valence-corrected chi connectivity index (χ3v) is 4.67. The molecular weight excluding hydrogens is 318 g/mol. The lowest BCUT2D eigenvalue weighted by atomic mass is 10.1. The van der Waals surface area contributed by atoms with Crippen LogP contribution in [0.2, 0.25) is 0 Å². The van der Waals surface area contributed by atoms with Crippen molar-refractivity contribution in [1.29, 1.82) is 0 Å². The Bertz CT molecular complexity index is 660. The maximum absolute atomic E-state index is 5.83. The van der Waals surface area contributed by atoms with Gasteiger partial charge in [0.2, 0.25) is 5.95 Å². The van der Waals surface area contributed by atoms with Crippen molar-refractivity contribution in [3.63, 3.8) is 0 Å². The van der Waals surface area contributed by atoms with Crippen LogP contribution >= 0.6 is 11.8 Å². The quantitative estimate of drug-likeness (QED) is 0.523. The van der Waals surface area contributed by atoms with Crippen LogP contribution in [0.5, 0.6) is 0 Å². The van der Waals surface area contributed by atoms with E-state index in [0.29, 0.717) is 18.3 Å². The second kappa shape index (κ2) is 9.47. The van der Waals surface area contributed by atoms with Gasteiger partial charge in [0.1, 0.15) is 0 Å². The van der Waals surface area contributed by atoms with Crippen molar-refractivity contribution in [3.05, 3.63) is 35.2 Å². The van der Waals surface area contributed by atoms with Gasteiger partial charge in [-0.3, -0.25) is 0 Å². The Kier molecular flexibility index (Phi) is 7.31. The number of hydrogen-bond donors (Lipinski definition) is 2. The Hall–Kier alpha value is -1.82. The summed E-state index contributed by atoms with van der Waals surface area (Å²) < 4.78 is 0. The zero-order valence-electron chi connectivity index (χ0n) is 14.8. The Morgan fingerprint density at radius 2 is 1.96 bits per heavy atom. The summed E-state index contributed by atoms with van der Waals surface area (Å²) in [6.45, 7) is 7.01. The van der Waals surface area contributed by atoms with Gasteiger partial charge in [-0.05, 0) is 31.4 Å². The number of benzene rings is 1. The molecule has 3 N–H and O–H groups in total. The molecule has 0 amide bonds. The first-order chi connectivity index (χ1) is 11.6. The highest BCUT2D eigenvalue weighted by Crippen LogP contribution is 2.20. The molecular formula is C18H27N5S. The highest BCUT2D eigenvalue weighted by molar-refractivity contribution is 7.99. The van der Waals surface area contributed by atoms with Crippen molar-refractivity contribution in [2.75, 3.05) is 16.8 Å². The number of unbranched alkanes of at least 4 members (excludes halogenated alkanes) is 2. The van der Waals surface area contributed by atoms with Gasteiger partial charge in [-0.25, -0.2) is 4.98 Å². The van der Waals surface area contributed by atoms with Crippen LogP contribution in [0.3, 0.4) is 0 Å². The number of aryl methyl sites for hydroxylation is 2. The molecule has 1 aromatic carbocycles. The third kappa shape index (κ3) is 5.67. The van der Waals surface area contributed by atoms with Crippen molar-refractivity contribution in [2.24, 2.45) is 0 Å². The lowest BCUT2D eigenvalue weighted by molar-refractivity contribution is 0.774. The number of anilines is 2. The summed E-state index contributed by atoms with van der Waals surface area (Å²) in [6.07, 6.45) is 4.60. The smallest absolute Gasteiger partial charge is 0.224 e. The van der Waals surface area contributed by atoms with E-state index in [0.717, 1.165) is 23.0 Å². The third-order valence-electron chi connectivity index (χ3n) is 3.74. The van der Waals surface area contributed by atoms with E-state index in [1.54, 1.807) is 11.8 Å². The molecule has 6 heteroatoms. The van der Waals surface area contributed by atoms with E-state index in [1.807, 2.05) is 0 Å². The Labute approximate surface area is 148 Å². The van der Waals surface area contributed by atoms with Crippen LogP contribution in [0, 0.1) is 6.92 Å². The fourth-order valence-electron chi connectivity index (χ4n) is 2.44. The van der Waals surface area contributed by atoms with Crippen LogP contribution in [-0.4, -0.2) is 20.7 Å². The van der Waals surface area contributed by atoms with Crippen molar-refractivity contribution in [3.8, 4) is 0 Å².